The van der Waals surface area contributed by atoms with Crippen LogP contribution in [-0.2, 0) is 4.79 Å². The van der Waals surface area contributed by atoms with Gasteiger partial charge >= 0.3 is 0 Å². The first-order chi connectivity index (χ1) is 14.0. The molecule has 0 bridgehead atoms. The minimum atomic E-state index is -0.391. The largest absolute Gasteiger partial charge is 0.397 e. The van der Waals surface area contributed by atoms with Crippen molar-refractivity contribution in [1.29, 1.82) is 0 Å². The van der Waals surface area contributed by atoms with Crippen LogP contribution in [0.3, 0.4) is 0 Å². The molecule has 0 heterocycles. The van der Waals surface area contributed by atoms with Crippen LogP contribution in [-0.4, -0.2) is 11.8 Å². The van der Waals surface area contributed by atoms with Crippen LogP contribution in [0.4, 0.5) is 11.4 Å². The van der Waals surface area contributed by atoms with Gasteiger partial charge < -0.3 is 5.73 Å². The molecule has 0 unspecified atom stereocenters. The number of nitrogens with two attached hydrogens (primary N) is 1. The van der Waals surface area contributed by atoms with E-state index in [-0.39, 0.29) is 5.91 Å². The zero-order valence-electron chi connectivity index (χ0n) is 16.9. The molecule has 0 aliphatic rings. The van der Waals surface area contributed by atoms with Crippen LogP contribution in [0.25, 0.3) is 10.8 Å². The van der Waals surface area contributed by atoms with Gasteiger partial charge in [0.05, 0.1) is 11.4 Å². The summed E-state index contributed by atoms with van der Waals surface area (Å²) < 4.78 is 0. The first-order valence-corrected chi connectivity index (χ1v) is 9.90. The molecule has 0 saturated heterocycles. The third-order valence-corrected chi connectivity index (χ3v) is 4.89. The maximum Gasteiger partial charge on any atom is 0.265 e. The van der Waals surface area contributed by atoms with Crippen molar-refractivity contribution in [3.8, 4) is 0 Å². The molecule has 3 rings (SSSR count). The third-order valence-electron chi connectivity index (χ3n) is 4.89. The predicted molar refractivity (Wildman–Crippen MR) is 120 cm³/mol. The van der Waals surface area contributed by atoms with Crippen LogP contribution < -0.4 is 10.6 Å². The van der Waals surface area contributed by atoms with Crippen molar-refractivity contribution in [2.24, 2.45) is 0 Å². The van der Waals surface area contributed by atoms with Crippen molar-refractivity contribution < 1.29 is 9.59 Å². The first-order valence-electron chi connectivity index (χ1n) is 9.90. The van der Waals surface area contributed by atoms with Gasteiger partial charge in [0.15, 0.2) is 0 Å². The number of allylic oxidation sites excluding steroid dienone is 1. The van der Waals surface area contributed by atoms with E-state index in [4.69, 9.17) is 5.73 Å². The molecule has 2 N–H and O–H groups in total. The summed E-state index contributed by atoms with van der Waals surface area (Å²) in [4.78, 5) is 27.7. The van der Waals surface area contributed by atoms with E-state index < -0.39 is 5.91 Å². The summed E-state index contributed by atoms with van der Waals surface area (Å²) in [6, 6.07) is 20.2. The Hall–Kier alpha value is -3.40. The number of carbonyl (C=O) groups is 2. The Bertz CT molecular complexity index is 1070. The number of imide groups is 1. The molecule has 0 atom stereocenters. The van der Waals surface area contributed by atoms with Crippen molar-refractivity contribution in [1.82, 2.24) is 0 Å². The molecule has 0 radical (unpaired) electrons. The molecular weight excluding hydrogens is 360 g/mol. The number of benzene rings is 3. The summed E-state index contributed by atoms with van der Waals surface area (Å²) in [6.07, 6.45) is 4.41. The van der Waals surface area contributed by atoms with E-state index >= 15 is 0 Å². The SMILES string of the molecule is CCCC/C(C)=C\C(=O)N(C(=O)c1ccc2ccccc2c1)c1ccccc1N. The lowest BCUT2D eigenvalue weighted by atomic mass is 10.1. The highest BCUT2D eigenvalue weighted by Crippen LogP contribution is 2.26. The summed E-state index contributed by atoms with van der Waals surface area (Å²) in [6.45, 7) is 4.02. The van der Waals surface area contributed by atoms with Crippen molar-refractivity contribution >= 4 is 34.0 Å². The summed E-state index contributed by atoms with van der Waals surface area (Å²) in [5.74, 6) is -0.771. The molecule has 0 spiro atoms. The average molecular weight is 386 g/mol. The Labute approximate surface area is 171 Å². The van der Waals surface area contributed by atoms with E-state index in [9.17, 15) is 9.59 Å². The normalized spacial score (nSPS) is 11.4. The molecular formula is C25H26N2O2. The van der Waals surface area contributed by atoms with Crippen molar-refractivity contribution in [3.63, 3.8) is 0 Å². The van der Waals surface area contributed by atoms with Gasteiger partial charge in [-0.3, -0.25) is 9.59 Å². The maximum atomic E-state index is 13.4. The van der Waals surface area contributed by atoms with Crippen LogP contribution >= 0.6 is 0 Å². The number of amides is 2. The molecule has 29 heavy (non-hydrogen) atoms. The number of nitrogen functional groups attached to an aromatic ring is 1. The van der Waals surface area contributed by atoms with E-state index in [1.165, 1.54) is 4.90 Å². The summed E-state index contributed by atoms with van der Waals surface area (Å²) in [7, 11) is 0. The second kappa shape index (κ2) is 9.20. The molecule has 2 amide bonds. The molecule has 0 aromatic heterocycles. The van der Waals surface area contributed by atoms with E-state index in [0.717, 1.165) is 35.6 Å². The zero-order chi connectivity index (χ0) is 20.8. The number of rotatable bonds is 6. The standard InChI is InChI=1S/C25H26N2O2/c1-3-4-9-18(2)16-24(28)27(23-13-8-7-12-22(23)26)25(29)21-15-14-19-10-5-6-11-20(19)17-21/h5-8,10-17H,3-4,9,26H2,1-2H3/b18-16-. The zero-order valence-corrected chi connectivity index (χ0v) is 16.9. The van der Waals surface area contributed by atoms with Crippen LogP contribution in [0.15, 0.2) is 78.4 Å². The highest BCUT2D eigenvalue weighted by atomic mass is 16.2. The van der Waals surface area contributed by atoms with E-state index in [1.807, 2.05) is 43.3 Å². The molecule has 0 saturated carbocycles. The molecule has 148 valence electrons. The number of nitrogens with zero attached hydrogens (tertiary/aromatic N) is 1. The lowest BCUT2D eigenvalue weighted by Gasteiger charge is -2.22. The molecule has 4 heteroatoms. The van der Waals surface area contributed by atoms with Gasteiger partial charge in [0.2, 0.25) is 0 Å². The first kappa shape index (κ1) is 20.3. The van der Waals surface area contributed by atoms with Gasteiger partial charge in [-0.15, -0.1) is 0 Å². The molecule has 0 aliphatic carbocycles. The minimum absolute atomic E-state index is 0.380. The average Bonchev–Trinajstić information content (AvgIpc) is 2.73. The van der Waals surface area contributed by atoms with E-state index in [2.05, 4.69) is 6.92 Å². The fourth-order valence-electron chi connectivity index (χ4n) is 3.27. The second-order valence-electron chi connectivity index (χ2n) is 7.19. The topological polar surface area (TPSA) is 63.4 Å². The van der Waals surface area contributed by atoms with Crippen LogP contribution in [0.5, 0.6) is 0 Å². The minimum Gasteiger partial charge on any atom is -0.397 e. The van der Waals surface area contributed by atoms with Crippen LogP contribution in [0, 0.1) is 0 Å². The van der Waals surface area contributed by atoms with Crippen LogP contribution in [0.2, 0.25) is 0 Å². The highest BCUT2D eigenvalue weighted by molar-refractivity contribution is 6.25. The number of anilines is 2. The van der Waals surface area contributed by atoms with E-state index in [0.29, 0.717) is 16.9 Å². The van der Waals surface area contributed by atoms with Gasteiger partial charge in [0.1, 0.15) is 0 Å². The van der Waals surface area contributed by atoms with Gasteiger partial charge in [-0.1, -0.05) is 61.4 Å². The highest BCUT2D eigenvalue weighted by Gasteiger charge is 2.25. The molecule has 0 aliphatic heterocycles. The number of hydrogen-bond acceptors (Lipinski definition) is 3. The van der Waals surface area contributed by atoms with E-state index in [1.54, 1.807) is 36.4 Å². The monoisotopic (exact) mass is 386 g/mol. The lowest BCUT2D eigenvalue weighted by Crippen LogP contribution is -2.36. The van der Waals surface area contributed by atoms with Crippen LogP contribution in [0.1, 0.15) is 43.5 Å². The number of fused-ring (bicyclic) bond motifs is 1. The van der Waals surface area contributed by atoms with Gasteiger partial charge in [-0.05, 0) is 54.8 Å². The predicted octanol–water partition coefficient (Wildman–Crippen LogP) is 5.73. The smallest absolute Gasteiger partial charge is 0.265 e. The molecule has 3 aromatic rings. The molecule has 4 nitrogen and oxygen atoms in total. The Kier molecular flexibility index (Phi) is 6.45. The molecule has 0 fully saturated rings. The Morgan fingerprint density at radius 3 is 2.38 bits per heavy atom. The number of para-hydroxylation sites is 2. The quantitative estimate of drug-likeness (QED) is 0.434. The molecule has 3 aromatic carbocycles. The fourth-order valence-corrected chi connectivity index (χ4v) is 3.27. The van der Waals surface area contributed by atoms with Gasteiger partial charge in [-0.25, -0.2) is 4.90 Å². The maximum absolute atomic E-state index is 13.4. The van der Waals surface area contributed by atoms with Crippen molar-refractivity contribution in [2.45, 2.75) is 33.1 Å². The van der Waals surface area contributed by atoms with Crippen molar-refractivity contribution in [2.75, 3.05) is 10.6 Å². The Morgan fingerprint density at radius 2 is 1.66 bits per heavy atom. The summed E-state index contributed by atoms with van der Waals surface area (Å²) in [5, 5.41) is 1.98. The second-order valence-corrected chi connectivity index (χ2v) is 7.19. The van der Waals surface area contributed by atoms with Gasteiger partial charge in [-0.2, -0.15) is 0 Å². The number of hydrogen-bond donors (Lipinski definition) is 1. The summed E-state index contributed by atoms with van der Waals surface area (Å²) >= 11 is 0. The van der Waals surface area contributed by atoms with Crippen molar-refractivity contribution in [3.05, 3.63) is 83.9 Å². The summed E-state index contributed by atoms with van der Waals surface area (Å²) in [5.41, 5.74) is 8.28. The number of unbranched alkanes of at least 4 members (excludes halogenated alkanes) is 1. The number of carbonyl (C=O) groups excluding carboxylic acids is 2. The Balaban J connectivity index is 2.03. The van der Waals surface area contributed by atoms with Gasteiger partial charge in [0, 0.05) is 11.6 Å². The van der Waals surface area contributed by atoms with Gasteiger partial charge in [0.25, 0.3) is 11.8 Å². The fraction of sp³-hybridized carbons (Fsp3) is 0.200. The third kappa shape index (κ3) is 4.72. The Morgan fingerprint density at radius 1 is 0.966 bits per heavy atom. The lowest BCUT2D eigenvalue weighted by molar-refractivity contribution is -0.113.